The predicted octanol–water partition coefficient (Wildman–Crippen LogP) is 6.08. The molecule has 0 spiro atoms. The van der Waals surface area contributed by atoms with Gasteiger partial charge in [-0.2, -0.15) is 5.26 Å². The fourth-order valence-corrected chi connectivity index (χ4v) is 5.62. The van der Waals surface area contributed by atoms with Crippen LogP contribution < -0.4 is 10.3 Å². The van der Waals surface area contributed by atoms with Crippen LogP contribution in [0.3, 0.4) is 0 Å². The summed E-state index contributed by atoms with van der Waals surface area (Å²) in [5.41, 5.74) is 0.788. The molecule has 3 heterocycles. The number of rotatable bonds is 6. The van der Waals surface area contributed by atoms with Crippen LogP contribution in [-0.2, 0) is 6.54 Å². The topological polar surface area (TPSA) is 118 Å². The number of aromatic carboxylic acids is 1. The largest absolute Gasteiger partial charge is 0.491 e. The Balaban J connectivity index is 1.51. The number of nitrogens with zero attached hydrogens (tertiary/aromatic N) is 4. The molecule has 0 unspecified atom stereocenters. The maximum atomic E-state index is 14.4. The van der Waals surface area contributed by atoms with Crippen LogP contribution >= 0.6 is 34.5 Å². The van der Waals surface area contributed by atoms with Crippen molar-refractivity contribution in [2.75, 3.05) is 6.61 Å². The first kappa shape index (κ1) is 25.6. The lowest BCUT2D eigenvalue weighted by atomic mass is 10.0. The van der Waals surface area contributed by atoms with Crippen molar-refractivity contribution < 1.29 is 19.0 Å². The molecule has 3 aromatic heterocycles. The molecule has 0 saturated carbocycles. The van der Waals surface area contributed by atoms with Gasteiger partial charge in [-0.05, 0) is 37.3 Å². The molecule has 0 saturated heterocycles. The molecule has 0 aliphatic rings. The highest BCUT2D eigenvalue weighted by atomic mass is 35.5. The first-order chi connectivity index (χ1) is 18.2. The molecule has 0 amide bonds. The van der Waals surface area contributed by atoms with Gasteiger partial charge in [-0.1, -0.05) is 23.2 Å². The number of halogens is 3. The average Bonchev–Trinajstić information content (AvgIpc) is 3.32. The molecule has 190 valence electrons. The second-order valence-corrected chi connectivity index (χ2v) is 9.87. The van der Waals surface area contributed by atoms with E-state index in [1.54, 1.807) is 31.2 Å². The van der Waals surface area contributed by atoms with Gasteiger partial charge in [-0.3, -0.25) is 14.3 Å². The standard InChI is InChI=1S/C26H15Cl2FN4O4S/c1-12-32-23-19(29)9-18(28)16(10-30)21(23)25(34)33(12)6-7-37-20-3-2-13(27)8-15(20)14-4-5-31-22-17(26(35)36)11-38-24(14)22/h2-5,8-9,11H,6-7H2,1H3,(H,35,36). The number of thiophene rings is 1. The van der Waals surface area contributed by atoms with Gasteiger partial charge in [0.25, 0.3) is 5.56 Å². The van der Waals surface area contributed by atoms with Gasteiger partial charge in [-0.25, -0.2) is 14.2 Å². The van der Waals surface area contributed by atoms with Gasteiger partial charge in [0.2, 0.25) is 0 Å². The molecule has 2 aromatic carbocycles. The number of aryl methyl sites for hydroxylation is 1. The monoisotopic (exact) mass is 568 g/mol. The minimum atomic E-state index is -1.08. The number of carboxylic acids is 1. The number of hydrogen-bond acceptors (Lipinski definition) is 7. The van der Waals surface area contributed by atoms with E-state index in [0.717, 1.165) is 6.07 Å². The summed E-state index contributed by atoms with van der Waals surface area (Å²) in [5, 5.41) is 20.6. The lowest BCUT2D eigenvalue weighted by Crippen LogP contribution is -2.27. The third kappa shape index (κ3) is 4.35. The lowest BCUT2D eigenvalue weighted by molar-refractivity contribution is 0.0699. The molecular weight excluding hydrogens is 554 g/mol. The minimum Gasteiger partial charge on any atom is -0.491 e. The number of carboxylic acid groups (broad SMARTS) is 1. The zero-order chi connectivity index (χ0) is 27.1. The maximum Gasteiger partial charge on any atom is 0.338 e. The second kappa shape index (κ2) is 10.0. The normalized spacial score (nSPS) is 11.1. The van der Waals surface area contributed by atoms with E-state index in [2.05, 4.69) is 9.97 Å². The number of hydrogen-bond donors (Lipinski definition) is 1. The Morgan fingerprint density at radius 3 is 2.76 bits per heavy atom. The first-order valence-electron chi connectivity index (χ1n) is 11.0. The number of benzene rings is 2. The Morgan fingerprint density at radius 1 is 1.24 bits per heavy atom. The quantitative estimate of drug-likeness (QED) is 0.264. The number of aromatic nitrogens is 3. The van der Waals surface area contributed by atoms with E-state index in [4.69, 9.17) is 27.9 Å². The van der Waals surface area contributed by atoms with Crippen LogP contribution in [0.2, 0.25) is 10.0 Å². The van der Waals surface area contributed by atoms with E-state index in [1.165, 1.54) is 27.5 Å². The van der Waals surface area contributed by atoms with E-state index in [1.807, 2.05) is 6.07 Å². The van der Waals surface area contributed by atoms with E-state index in [0.29, 0.717) is 32.1 Å². The molecular formula is C26H15Cl2FN4O4S. The molecule has 5 aromatic rings. The fraction of sp³-hybridized carbons (Fsp3) is 0.115. The van der Waals surface area contributed by atoms with Crippen LogP contribution in [-0.4, -0.2) is 32.2 Å². The minimum absolute atomic E-state index is 0.0204. The average molecular weight is 569 g/mol. The first-order valence-corrected chi connectivity index (χ1v) is 12.7. The highest BCUT2D eigenvalue weighted by molar-refractivity contribution is 7.18. The Labute approximate surface area is 228 Å². The van der Waals surface area contributed by atoms with Crippen molar-refractivity contribution in [1.29, 1.82) is 5.26 Å². The molecule has 0 fully saturated rings. The van der Waals surface area contributed by atoms with Crippen LogP contribution in [0.25, 0.3) is 32.2 Å². The molecule has 0 atom stereocenters. The van der Waals surface area contributed by atoms with E-state index in [9.17, 15) is 24.3 Å². The van der Waals surface area contributed by atoms with Crippen LogP contribution in [0.1, 0.15) is 21.7 Å². The summed E-state index contributed by atoms with van der Waals surface area (Å²) < 4.78 is 22.4. The van der Waals surface area contributed by atoms with Gasteiger partial charge >= 0.3 is 5.97 Å². The summed E-state index contributed by atoms with van der Waals surface area (Å²) >= 11 is 13.5. The molecule has 38 heavy (non-hydrogen) atoms. The Hall–Kier alpha value is -4.04. The third-order valence-electron chi connectivity index (χ3n) is 5.93. The number of fused-ring (bicyclic) bond motifs is 2. The zero-order valence-electron chi connectivity index (χ0n) is 19.5. The van der Waals surface area contributed by atoms with Gasteiger partial charge in [0.15, 0.2) is 5.82 Å². The summed E-state index contributed by atoms with van der Waals surface area (Å²) in [6.07, 6.45) is 1.52. The van der Waals surface area contributed by atoms with Crippen molar-refractivity contribution in [3.05, 3.63) is 85.1 Å². The highest BCUT2D eigenvalue weighted by Gasteiger charge is 2.20. The number of nitriles is 1. The number of carbonyl (C=O) groups is 1. The maximum absolute atomic E-state index is 14.4. The summed E-state index contributed by atoms with van der Waals surface area (Å²) in [4.78, 5) is 33.2. The van der Waals surface area contributed by atoms with Crippen LogP contribution in [0.5, 0.6) is 5.75 Å². The lowest BCUT2D eigenvalue weighted by Gasteiger charge is -2.15. The molecule has 8 nitrogen and oxygen atoms in total. The van der Waals surface area contributed by atoms with Gasteiger partial charge in [0, 0.05) is 27.7 Å². The Morgan fingerprint density at radius 2 is 2.03 bits per heavy atom. The summed E-state index contributed by atoms with van der Waals surface area (Å²) in [6.45, 7) is 1.62. The summed E-state index contributed by atoms with van der Waals surface area (Å²) in [6, 6.07) is 9.58. The highest BCUT2D eigenvalue weighted by Crippen LogP contribution is 2.39. The van der Waals surface area contributed by atoms with E-state index in [-0.39, 0.29) is 46.0 Å². The predicted molar refractivity (Wildman–Crippen MR) is 143 cm³/mol. The van der Waals surface area contributed by atoms with Crippen LogP contribution in [0.4, 0.5) is 4.39 Å². The van der Waals surface area contributed by atoms with Gasteiger partial charge in [0.1, 0.15) is 29.8 Å². The SMILES string of the molecule is Cc1nc2c(F)cc(Cl)c(C#N)c2c(=O)n1CCOc1ccc(Cl)cc1-c1ccnc2c(C(=O)O)csc12. The smallest absolute Gasteiger partial charge is 0.338 e. The Bertz CT molecular complexity index is 1880. The third-order valence-corrected chi connectivity index (χ3v) is 7.46. The van der Waals surface area contributed by atoms with E-state index < -0.39 is 17.3 Å². The molecule has 1 N–H and O–H groups in total. The second-order valence-electron chi connectivity index (χ2n) is 8.15. The van der Waals surface area contributed by atoms with Crippen molar-refractivity contribution in [3.8, 4) is 22.9 Å². The van der Waals surface area contributed by atoms with Crippen molar-refractivity contribution >= 4 is 61.6 Å². The fourth-order valence-electron chi connectivity index (χ4n) is 4.19. The number of pyridine rings is 1. The van der Waals surface area contributed by atoms with Crippen LogP contribution in [0, 0.1) is 24.1 Å². The van der Waals surface area contributed by atoms with Crippen molar-refractivity contribution in [2.45, 2.75) is 13.5 Å². The van der Waals surface area contributed by atoms with E-state index >= 15 is 0 Å². The summed E-state index contributed by atoms with van der Waals surface area (Å²) in [5.74, 6) is -1.18. The zero-order valence-corrected chi connectivity index (χ0v) is 21.8. The van der Waals surface area contributed by atoms with Gasteiger partial charge in [0.05, 0.1) is 38.3 Å². The molecule has 0 aliphatic heterocycles. The number of ether oxygens (including phenoxy) is 1. The molecule has 0 aliphatic carbocycles. The Kier molecular flexibility index (Phi) is 6.75. The van der Waals surface area contributed by atoms with Crippen molar-refractivity contribution in [3.63, 3.8) is 0 Å². The van der Waals surface area contributed by atoms with Gasteiger partial charge in [-0.15, -0.1) is 11.3 Å². The van der Waals surface area contributed by atoms with Crippen LogP contribution in [0.15, 0.2) is 46.7 Å². The summed E-state index contributed by atoms with van der Waals surface area (Å²) in [7, 11) is 0. The molecule has 0 radical (unpaired) electrons. The van der Waals surface area contributed by atoms with Crippen molar-refractivity contribution in [2.24, 2.45) is 0 Å². The van der Waals surface area contributed by atoms with Crippen molar-refractivity contribution in [1.82, 2.24) is 14.5 Å². The van der Waals surface area contributed by atoms with Gasteiger partial charge < -0.3 is 9.84 Å². The molecule has 0 bridgehead atoms. The molecule has 5 rings (SSSR count). The molecule has 12 heteroatoms.